The molecule has 2 fully saturated rings. The van der Waals surface area contributed by atoms with Crippen molar-refractivity contribution in [2.75, 3.05) is 26.7 Å². The van der Waals surface area contributed by atoms with E-state index in [9.17, 15) is 0 Å². The summed E-state index contributed by atoms with van der Waals surface area (Å²) in [5, 5.41) is 3.47. The molecule has 0 unspecified atom stereocenters. The van der Waals surface area contributed by atoms with Gasteiger partial charge in [-0.15, -0.1) is 0 Å². The van der Waals surface area contributed by atoms with Crippen molar-refractivity contribution in [2.24, 2.45) is 5.92 Å². The minimum Gasteiger partial charge on any atom is -0.316 e. The van der Waals surface area contributed by atoms with Gasteiger partial charge in [-0.05, 0) is 51.7 Å². The molecule has 0 radical (unpaired) electrons. The number of piperidine rings is 1. The van der Waals surface area contributed by atoms with Crippen LogP contribution in [0.15, 0.2) is 0 Å². The maximum Gasteiger partial charge on any atom is 0.00934 e. The Balaban J connectivity index is 1.69. The topological polar surface area (TPSA) is 15.3 Å². The van der Waals surface area contributed by atoms with Crippen LogP contribution < -0.4 is 5.32 Å². The number of hydrogen-bond acceptors (Lipinski definition) is 2. The molecule has 2 nitrogen and oxygen atoms in total. The molecule has 1 saturated carbocycles. The molecule has 1 aliphatic heterocycles. The highest BCUT2D eigenvalue weighted by Crippen LogP contribution is 2.26. The lowest BCUT2D eigenvalue weighted by molar-refractivity contribution is 0.236. The zero-order valence-electron chi connectivity index (χ0n) is 8.05. The van der Waals surface area contributed by atoms with E-state index in [-0.39, 0.29) is 0 Å². The molecule has 1 saturated heterocycles. The van der Waals surface area contributed by atoms with Gasteiger partial charge < -0.3 is 10.2 Å². The average molecular weight is 168 g/mol. The van der Waals surface area contributed by atoms with Crippen LogP contribution >= 0.6 is 0 Å². The van der Waals surface area contributed by atoms with Gasteiger partial charge in [-0.25, -0.2) is 0 Å². The smallest absolute Gasteiger partial charge is 0.00934 e. The maximum absolute atomic E-state index is 3.47. The lowest BCUT2D eigenvalue weighted by atomic mass is 9.99. The largest absolute Gasteiger partial charge is 0.316 e. The average Bonchev–Trinajstić information content (AvgIpc) is 2.88. The standard InChI is InChI=1S/C10H20N2/c1-12(10-4-5-10)8-9-3-2-6-11-7-9/h9-11H,2-8H2,1H3/t9-/m1/s1. The zero-order chi connectivity index (χ0) is 8.39. The highest BCUT2D eigenvalue weighted by atomic mass is 15.2. The predicted octanol–water partition coefficient (Wildman–Crippen LogP) is 1.08. The van der Waals surface area contributed by atoms with Gasteiger partial charge in [0.15, 0.2) is 0 Å². The van der Waals surface area contributed by atoms with E-state index < -0.39 is 0 Å². The number of hydrogen-bond donors (Lipinski definition) is 1. The van der Waals surface area contributed by atoms with Crippen LogP contribution in [0.2, 0.25) is 0 Å². The van der Waals surface area contributed by atoms with Crippen molar-refractivity contribution in [1.29, 1.82) is 0 Å². The molecule has 2 rings (SSSR count). The number of rotatable bonds is 3. The predicted molar refractivity (Wildman–Crippen MR) is 51.2 cm³/mol. The van der Waals surface area contributed by atoms with Gasteiger partial charge in [0.2, 0.25) is 0 Å². The van der Waals surface area contributed by atoms with Crippen molar-refractivity contribution >= 4 is 0 Å². The summed E-state index contributed by atoms with van der Waals surface area (Å²) < 4.78 is 0. The summed E-state index contributed by atoms with van der Waals surface area (Å²) in [6.07, 6.45) is 5.69. The van der Waals surface area contributed by atoms with E-state index in [1.54, 1.807) is 0 Å². The summed E-state index contributed by atoms with van der Waals surface area (Å²) in [5.41, 5.74) is 0. The summed E-state index contributed by atoms with van der Waals surface area (Å²) >= 11 is 0. The Morgan fingerprint density at radius 2 is 2.17 bits per heavy atom. The van der Waals surface area contributed by atoms with Crippen LogP contribution in [0.4, 0.5) is 0 Å². The lowest BCUT2D eigenvalue weighted by Gasteiger charge is -2.27. The van der Waals surface area contributed by atoms with Crippen molar-refractivity contribution in [3.8, 4) is 0 Å². The van der Waals surface area contributed by atoms with E-state index in [4.69, 9.17) is 0 Å². The Hall–Kier alpha value is -0.0800. The quantitative estimate of drug-likeness (QED) is 0.678. The van der Waals surface area contributed by atoms with Crippen molar-refractivity contribution in [3.63, 3.8) is 0 Å². The van der Waals surface area contributed by atoms with Crippen molar-refractivity contribution in [2.45, 2.75) is 31.7 Å². The minimum absolute atomic E-state index is 0.921. The minimum atomic E-state index is 0.921. The molecule has 2 heteroatoms. The molecule has 0 aromatic heterocycles. The molecular weight excluding hydrogens is 148 g/mol. The summed E-state index contributed by atoms with van der Waals surface area (Å²) in [5.74, 6) is 0.921. The van der Waals surface area contributed by atoms with E-state index in [0.29, 0.717) is 0 Å². The van der Waals surface area contributed by atoms with Crippen molar-refractivity contribution in [1.82, 2.24) is 10.2 Å². The van der Waals surface area contributed by atoms with Gasteiger partial charge in [-0.3, -0.25) is 0 Å². The molecular formula is C10H20N2. The normalized spacial score (nSPS) is 31.0. The first-order chi connectivity index (χ1) is 5.86. The molecule has 0 aromatic rings. The van der Waals surface area contributed by atoms with Crippen LogP contribution in [-0.2, 0) is 0 Å². The van der Waals surface area contributed by atoms with E-state index >= 15 is 0 Å². The number of nitrogens with zero attached hydrogens (tertiary/aromatic N) is 1. The first kappa shape index (κ1) is 8.52. The van der Waals surface area contributed by atoms with Crippen molar-refractivity contribution in [3.05, 3.63) is 0 Å². The number of nitrogens with one attached hydrogen (secondary N) is 1. The molecule has 70 valence electrons. The van der Waals surface area contributed by atoms with Gasteiger partial charge in [-0.1, -0.05) is 0 Å². The first-order valence-corrected chi connectivity index (χ1v) is 5.27. The molecule has 0 bridgehead atoms. The Bertz CT molecular complexity index is 137. The molecule has 0 spiro atoms. The van der Waals surface area contributed by atoms with Crippen LogP contribution in [0.1, 0.15) is 25.7 Å². The van der Waals surface area contributed by atoms with Crippen molar-refractivity contribution < 1.29 is 0 Å². The third kappa shape index (κ3) is 2.20. The molecule has 0 aromatic carbocycles. The Kier molecular flexibility index (Phi) is 2.66. The van der Waals surface area contributed by atoms with Crippen LogP contribution in [0.5, 0.6) is 0 Å². The van der Waals surface area contributed by atoms with Gasteiger partial charge in [0.25, 0.3) is 0 Å². The maximum atomic E-state index is 3.47. The SMILES string of the molecule is CN(C[C@@H]1CCCNC1)C1CC1. The highest BCUT2D eigenvalue weighted by molar-refractivity contribution is 4.84. The highest BCUT2D eigenvalue weighted by Gasteiger charge is 2.27. The van der Waals surface area contributed by atoms with Crippen LogP contribution in [0.25, 0.3) is 0 Å². The third-order valence-electron chi connectivity index (χ3n) is 3.12. The van der Waals surface area contributed by atoms with E-state index in [1.807, 2.05) is 0 Å². The summed E-state index contributed by atoms with van der Waals surface area (Å²) in [4.78, 5) is 2.55. The molecule has 1 heterocycles. The van der Waals surface area contributed by atoms with Gasteiger partial charge in [0, 0.05) is 12.6 Å². The fourth-order valence-corrected chi connectivity index (χ4v) is 2.15. The van der Waals surface area contributed by atoms with Gasteiger partial charge in [-0.2, -0.15) is 0 Å². The van der Waals surface area contributed by atoms with E-state index in [1.165, 1.54) is 45.3 Å². The first-order valence-electron chi connectivity index (χ1n) is 5.27. The monoisotopic (exact) mass is 168 g/mol. The summed E-state index contributed by atoms with van der Waals surface area (Å²) in [6.45, 7) is 3.80. The molecule has 1 aliphatic carbocycles. The van der Waals surface area contributed by atoms with Gasteiger partial charge >= 0.3 is 0 Å². The second-order valence-electron chi connectivity index (χ2n) is 4.38. The molecule has 0 amide bonds. The Morgan fingerprint density at radius 3 is 2.75 bits per heavy atom. The van der Waals surface area contributed by atoms with Crippen LogP contribution in [0, 0.1) is 5.92 Å². The summed E-state index contributed by atoms with van der Waals surface area (Å²) in [7, 11) is 2.28. The Labute approximate surface area is 75.3 Å². The fourth-order valence-electron chi connectivity index (χ4n) is 2.15. The molecule has 1 N–H and O–H groups in total. The lowest BCUT2D eigenvalue weighted by Crippen LogP contribution is -2.37. The van der Waals surface area contributed by atoms with E-state index in [0.717, 1.165) is 12.0 Å². The van der Waals surface area contributed by atoms with Crippen LogP contribution in [0.3, 0.4) is 0 Å². The second kappa shape index (κ2) is 3.75. The zero-order valence-corrected chi connectivity index (χ0v) is 8.05. The Morgan fingerprint density at radius 1 is 1.33 bits per heavy atom. The van der Waals surface area contributed by atoms with Gasteiger partial charge in [0.1, 0.15) is 0 Å². The van der Waals surface area contributed by atoms with Crippen LogP contribution in [-0.4, -0.2) is 37.6 Å². The molecule has 1 atom stereocenters. The van der Waals surface area contributed by atoms with Gasteiger partial charge in [0.05, 0.1) is 0 Å². The second-order valence-corrected chi connectivity index (χ2v) is 4.38. The third-order valence-corrected chi connectivity index (χ3v) is 3.12. The molecule has 2 aliphatic rings. The summed E-state index contributed by atoms with van der Waals surface area (Å²) in [6, 6.07) is 0.937. The van der Waals surface area contributed by atoms with E-state index in [2.05, 4.69) is 17.3 Å². The molecule has 12 heavy (non-hydrogen) atoms. The fraction of sp³-hybridized carbons (Fsp3) is 1.00.